The van der Waals surface area contributed by atoms with Gasteiger partial charge >= 0.3 is 0 Å². The van der Waals surface area contributed by atoms with Gasteiger partial charge in [0.2, 0.25) is 0 Å². The maximum atomic E-state index is 12.1. The van der Waals surface area contributed by atoms with Crippen molar-refractivity contribution in [2.75, 3.05) is 0 Å². The fourth-order valence-electron chi connectivity index (χ4n) is 1.86. The predicted octanol–water partition coefficient (Wildman–Crippen LogP) is 4.32. The van der Waals surface area contributed by atoms with Crippen LogP contribution in [0, 0.1) is 6.92 Å². The molecule has 0 bridgehead atoms. The van der Waals surface area contributed by atoms with Crippen molar-refractivity contribution in [3.05, 3.63) is 69.7 Å². The normalized spacial score (nSPS) is 10.3. The number of halogens is 2. The molecule has 2 aromatic carbocycles. The van der Waals surface area contributed by atoms with Crippen LogP contribution in [0.25, 0.3) is 0 Å². The third kappa shape index (κ3) is 3.75. The Labute approximate surface area is 128 Å². The molecule has 0 aromatic heterocycles. The Morgan fingerprint density at radius 2 is 1.75 bits per heavy atom. The third-order valence-corrected chi connectivity index (χ3v) is 3.62. The lowest BCUT2D eigenvalue weighted by molar-refractivity contribution is 0.0950. The molecule has 2 rings (SSSR count). The molecule has 1 amide bonds. The number of alkyl halides is 1. The minimum absolute atomic E-state index is 0.119. The highest BCUT2D eigenvalue weighted by molar-refractivity contribution is 6.31. The molecule has 4 heteroatoms. The lowest BCUT2D eigenvalue weighted by Crippen LogP contribution is -2.23. The number of hydrogen-bond acceptors (Lipinski definition) is 1. The number of rotatable bonds is 4. The molecule has 0 spiro atoms. The van der Waals surface area contributed by atoms with Crippen LogP contribution in [0.15, 0.2) is 42.5 Å². The van der Waals surface area contributed by atoms with Gasteiger partial charge in [-0.2, -0.15) is 0 Å². The first kappa shape index (κ1) is 14.9. The number of aryl methyl sites for hydroxylation is 1. The summed E-state index contributed by atoms with van der Waals surface area (Å²) in [5, 5.41) is 3.45. The van der Waals surface area contributed by atoms with Crippen LogP contribution in [0.5, 0.6) is 0 Å². The lowest BCUT2D eigenvalue weighted by Gasteiger charge is -2.08. The highest BCUT2D eigenvalue weighted by atomic mass is 35.5. The van der Waals surface area contributed by atoms with Gasteiger partial charge in [0, 0.05) is 23.0 Å². The summed E-state index contributed by atoms with van der Waals surface area (Å²) in [7, 11) is 0. The molecule has 20 heavy (non-hydrogen) atoms. The van der Waals surface area contributed by atoms with Gasteiger partial charge < -0.3 is 5.32 Å². The molecule has 0 aliphatic rings. The van der Waals surface area contributed by atoms with E-state index in [-0.39, 0.29) is 5.91 Å². The van der Waals surface area contributed by atoms with Crippen molar-refractivity contribution in [1.29, 1.82) is 0 Å². The van der Waals surface area contributed by atoms with Crippen LogP contribution in [0.2, 0.25) is 5.02 Å². The SMILES string of the molecule is Cc1ccc(Cl)cc1C(=O)NCc1ccc(CCl)cc1. The summed E-state index contributed by atoms with van der Waals surface area (Å²) in [6.45, 7) is 2.37. The fraction of sp³-hybridized carbons (Fsp3) is 0.188. The summed E-state index contributed by atoms with van der Waals surface area (Å²) < 4.78 is 0. The molecule has 0 unspecified atom stereocenters. The second-order valence-corrected chi connectivity index (χ2v) is 5.30. The minimum Gasteiger partial charge on any atom is -0.348 e. The Balaban J connectivity index is 2.02. The topological polar surface area (TPSA) is 29.1 Å². The quantitative estimate of drug-likeness (QED) is 0.838. The summed E-state index contributed by atoms with van der Waals surface area (Å²) in [5.41, 5.74) is 3.61. The zero-order chi connectivity index (χ0) is 14.5. The molecule has 2 nitrogen and oxygen atoms in total. The molecule has 0 aliphatic heterocycles. The largest absolute Gasteiger partial charge is 0.348 e. The second kappa shape index (κ2) is 6.78. The maximum Gasteiger partial charge on any atom is 0.251 e. The van der Waals surface area contributed by atoms with Gasteiger partial charge in [-0.15, -0.1) is 11.6 Å². The van der Waals surface area contributed by atoms with Gasteiger partial charge in [0.15, 0.2) is 0 Å². The van der Waals surface area contributed by atoms with Gasteiger partial charge in [0.25, 0.3) is 5.91 Å². The molecule has 0 saturated carbocycles. The predicted molar refractivity (Wildman–Crippen MR) is 83.4 cm³/mol. The molecule has 1 N–H and O–H groups in total. The van der Waals surface area contributed by atoms with Crippen molar-refractivity contribution in [3.8, 4) is 0 Å². The van der Waals surface area contributed by atoms with Gasteiger partial charge in [-0.1, -0.05) is 41.9 Å². The summed E-state index contributed by atoms with van der Waals surface area (Å²) in [6.07, 6.45) is 0. The van der Waals surface area contributed by atoms with E-state index in [1.807, 2.05) is 37.3 Å². The van der Waals surface area contributed by atoms with E-state index in [1.54, 1.807) is 12.1 Å². The first-order chi connectivity index (χ1) is 9.60. The fourth-order valence-corrected chi connectivity index (χ4v) is 2.21. The molecule has 0 saturated heterocycles. The zero-order valence-corrected chi connectivity index (χ0v) is 12.6. The molecule has 2 aromatic rings. The van der Waals surface area contributed by atoms with Crippen LogP contribution in [0.4, 0.5) is 0 Å². The van der Waals surface area contributed by atoms with Gasteiger partial charge in [-0.3, -0.25) is 4.79 Å². The van der Waals surface area contributed by atoms with Crippen molar-refractivity contribution in [3.63, 3.8) is 0 Å². The molecule has 104 valence electrons. The Hall–Kier alpha value is -1.51. The minimum atomic E-state index is -0.119. The number of carbonyl (C=O) groups excluding carboxylic acids is 1. The van der Waals surface area contributed by atoms with Crippen molar-refractivity contribution >= 4 is 29.1 Å². The summed E-state index contributed by atoms with van der Waals surface area (Å²) in [6, 6.07) is 13.1. The van der Waals surface area contributed by atoms with E-state index in [1.165, 1.54) is 0 Å². The van der Waals surface area contributed by atoms with Crippen molar-refractivity contribution in [2.24, 2.45) is 0 Å². The Morgan fingerprint density at radius 3 is 2.40 bits per heavy atom. The van der Waals surface area contributed by atoms with Crippen LogP contribution in [0.1, 0.15) is 27.0 Å². The first-order valence-electron chi connectivity index (χ1n) is 6.28. The molecule has 0 radical (unpaired) electrons. The van der Waals surface area contributed by atoms with Gasteiger partial charge in [0.05, 0.1) is 0 Å². The maximum absolute atomic E-state index is 12.1. The van der Waals surface area contributed by atoms with E-state index in [0.717, 1.165) is 16.7 Å². The number of carbonyl (C=O) groups is 1. The van der Waals surface area contributed by atoms with E-state index < -0.39 is 0 Å². The number of hydrogen-bond donors (Lipinski definition) is 1. The van der Waals surface area contributed by atoms with Gasteiger partial charge in [-0.25, -0.2) is 0 Å². The standard InChI is InChI=1S/C16H15Cl2NO/c1-11-2-7-14(18)8-15(11)16(20)19-10-13-5-3-12(9-17)4-6-13/h2-8H,9-10H2,1H3,(H,19,20). The third-order valence-electron chi connectivity index (χ3n) is 3.07. The summed E-state index contributed by atoms with van der Waals surface area (Å²) in [4.78, 5) is 12.1. The van der Waals surface area contributed by atoms with Crippen LogP contribution in [0.3, 0.4) is 0 Å². The van der Waals surface area contributed by atoms with Gasteiger partial charge in [0.1, 0.15) is 0 Å². The zero-order valence-electron chi connectivity index (χ0n) is 11.1. The number of amides is 1. The molecule has 0 fully saturated rings. The van der Waals surface area contributed by atoms with Crippen LogP contribution >= 0.6 is 23.2 Å². The van der Waals surface area contributed by atoms with E-state index in [9.17, 15) is 4.79 Å². The number of nitrogens with one attached hydrogen (secondary N) is 1. The smallest absolute Gasteiger partial charge is 0.251 e. The van der Waals surface area contributed by atoms with Crippen molar-refractivity contribution in [2.45, 2.75) is 19.3 Å². The van der Waals surface area contributed by atoms with E-state index in [2.05, 4.69) is 5.32 Å². The molecule has 0 heterocycles. The second-order valence-electron chi connectivity index (χ2n) is 4.59. The average Bonchev–Trinajstić information content (AvgIpc) is 2.47. The molecular weight excluding hydrogens is 293 g/mol. The summed E-state index contributed by atoms with van der Waals surface area (Å²) in [5.74, 6) is 0.375. The van der Waals surface area contributed by atoms with Crippen molar-refractivity contribution < 1.29 is 4.79 Å². The monoisotopic (exact) mass is 307 g/mol. The molecule has 0 atom stereocenters. The summed E-state index contributed by atoms with van der Waals surface area (Å²) >= 11 is 11.7. The highest BCUT2D eigenvalue weighted by Gasteiger charge is 2.09. The Morgan fingerprint density at radius 1 is 1.10 bits per heavy atom. The lowest BCUT2D eigenvalue weighted by atomic mass is 10.1. The average molecular weight is 308 g/mol. The Bertz CT molecular complexity index is 608. The Kier molecular flexibility index (Phi) is 5.05. The number of benzene rings is 2. The first-order valence-corrected chi connectivity index (χ1v) is 7.19. The van der Waals surface area contributed by atoms with Crippen LogP contribution < -0.4 is 5.32 Å². The van der Waals surface area contributed by atoms with E-state index in [4.69, 9.17) is 23.2 Å². The molecular formula is C16H15Cl2NO. The van der Waals surface area contributed by atoms with E-state index >= 15 is 0 Å². The van der Waals surface area contributed by atoms with Crippen molar-refractivity contribution in [1.82, 2.24) is 5.32 Å². The van der Waals surface area contributed by atoms with Crippen LogP contribution in [-0.4, -0.2) is 5.91 Å². The molecule has 0 aliphatic carbocycles. The van der Waals surface area contributed by atoms with Crippen LogP contribution in [-0.2, 0) is 12.4 Å². The highest BCUT2D eigenvalue weighted by Crippen LogP contribution is 2.15. The van der Waals surface area contributed by atoms with Gasteiger partial charge in [-0.05, 0) is 35.7 Å². The van der Waals surface area contributed by atoms with E-state index in [0.29, 0.717) is 23.0 Å².